The molecule has 3 N–H and O–H groups in total. The van der Waals surface area contributed by atoms with Crippen molar-refractivity contribution in [3.05, 3.63) is 40.4 Å². The van der Waals surface area contributed by atoms with E-state index in [1.165, 1.54) is 0 Å². The van der Waals surface area contributed by atoms with Crippen LogP contribution in [-0.2, 0) is 4.74 Å². The third kappa shape index (κ3) is 3.77. The molecule has 0 bridgehead atoms. The molecule has 0 amide bonds. The number of nitrogens with two attached hydrogens (primary N) is 1. The van der Waals surface area contributed by atoms with Crippen LogP contribution in [0.25, 0.3) is 0 Å². The van der Waals surface area contributed by atoms with Gasteiger partial charge in [-0.05, 0) is 25.0 Å². The van der Waals surface area contributed by atoms with Gasteiger partial charge in [0.15, 0.2) is 0 Å². The van der Waals surface area contributed by atoms with Crippen molar-refractivity contribution in [3.63, 3.8) is 0 Å². The smallest absolute Gasteiger partial charge is 0.353 e. The number of nitrogen functional groups attached to an aromatic ring is 1. The second-order valence-corrected chi connectivity index (χ2v) is 5.77. The van der Waals surface area contributed by atoms with E-state index >= 15 is 0 Å². The van der Waals surface area contributed by atoms with Gasteiger partial charge in [-0.1, -0.05) is 18.2 Å². The fourth-order valence-electron chi connectivity index (χ4n) is 2.70. The largest absolute Gasteiger partial charge is 0.378 e. The van der Waals surface area contributed by atoms with Crippen LogP contribution in [0.1, 0.15) is 12.8 Å². The molecule has 1 unspecified atom stereocenters. The first kappa shape index (κ1) is 16.9. The highest BCUT2D eigenvalue weighted by molar-refractivity contribution is 5.71. The van der Waals surface area contributed by atoms with E-state index < -0.39 is 4.92 Å². The van der Waals surface area contributed by atoms with Crippen molar-refractivity contribution in [2.45, 2.75) is 18.9 Å². The quantitative estimate of drug-likeness (QED) is 0.605. The standard InChI is InChI=1S/C16H20N6O3/c1-21(11-6-3-2-4-7-11)16-19-14(17)13(22(23)24)15(20-16)18-10-12-8-5-9-25-12/h2-4,6-7,12H,5,8-10H2,1H3,(H3,17,18,19,20). The number of nitrogens with one attached hydrogen (secondary N) is 1. The predicted molar refractivity (Wildman–Crippen MR) is 95.1 cm³/mol. The molecule has 0 aliphatic carbocycles. The minimum atomic E-state index is -0.570. The molecule has 9 heteroatoms. The van der Waals surface area contributed by atoms with E-state index in [2.05, 4.69) is 15.3 Å². The van der Waals surface area contributed by atoms with Gasteiger partial charge in [0.05, 0.1) is 11.0 Å². The number of hydrogen-bond donors (Lipinski definition) is 2. The molecule has 1 saturated heterocycles. The molecule has 132 valence electrons. The molecule has 1 aliphatic heterocycles. The number of para-hydroxylation sites is 1. The Morgan fingerprint density at radius 1 is 1.40 bits per heavy atom. The summed E-state index contributed by atoms with van der Waals surface area (Å²) in [5.41, 5.74) is 6.36. The monoisotopic (exact) mass is 344 g/mol. The Hall–Kier alpha value is -2.94. The van der Waals surface area contributed by atoms with Crippen LogP contribution in [0.5, 0.6) is 0 Å². The average Bonchev–Trinajstić information content (AvgIpc) is 3.12. The van der Waals surface area contributed by atoms with E-state index in [9.17, 15) is 10.1 Å². The van der Waals surface area contributed by atoms with Crippen LogP contribution >= 0.6 is 0 Å². The Balaban J connectivity index is 1.90. The van der Waals surface area contributed by atoms with Gasteiger partial charge in [0.25, 0.3) is 0 Å². The molecular weight excluding hydrogens is 324 g/mol. The number of benzene rings is 1. The lowest BCUT2D eigenvalue weighted by Crippen LogP contribution is -2.21. The maximum Gasteiger partial charge on any atom is 0.353 e. The summed E-state index contributed by atoms with van der Waals surface area (Å²) >= 11 is 0. The minimum Gasteiger partial charge on any atom is -0.378 e. The highest BCUT2D eigenvalue weighted by atomic mass is 16.6. The van der Waals surface area contributed by atoms with Crippen molar-refractivity contribution < 1.29 is 9.66 Å². The highest BCUT2D eigenvalue weighted by Crippen LogP contribution is 2.32. The van der Waals surface area contributed by atoms with E-state index in [4.69, 9.17) is 10.5 Å². The molecular formula is C16H20N6O3. The lowest BCUT2D eigenvalue weighted by Gasteiger charge is -2.19. The molecule has 2 heterocycles. The molecule has 1 aliphatic rings. The maximum atomic E-state index is 11.4. The van der Waals surface area contributed by atoms with Gasteiger partial charge < -0.3 is 20.7 Å². The van der Waals surface area contributed by atoms with Gasteiger partial charge in [-0.25, -0.2) is 0 Å². The number of ether oxygens (including phenoxy) is 1. The summed E-state index contributed by atoms with van der Waals surface area (Å²) in [6, 6.07) is 9.45. The molecule has 25 heavy (non-hydrogen) atoms. The summed E-state index contributed by atoms with van der Waals surface area (Å²) in [5.74, 6) is 0.211. The molecule has 0 saturated carbocycles. The van der Waals surface area contributed by atoms with Crippen molar-refractivity contribution >= 4 is 29.0 Å². The summed E-state index contributed by atoms with van der Waals surface area (Å²) < 4.78 is 5.53. The van der Waals surface area contributed by atoms with E-state index in [0.717, 1.165) is 18.5 Å². The number of rotatable bonds is 6. The molecule has 1 aromatic heterocycles. The predicted octanol–water partition coefficient (Wildman–Crippen LogP) is 2.33. The van der Waals surface area contributed by atoms with E-state index in [1.54, 1.807) is 11.9 Å². The molecule has 0 spiro atoms. The van der Waals surface area contributed by atoms with Crippen LogP contribution in [-0.4, -0.2) is 41.2 Å². The summed E-state index contributed by atoms with van der Waals surface area (Å²) in [4.78, 5) is 20.9. The molecule has 1 fully saturated rings. The van der Waals surface area contributed by atoms with Crippen molar-refractivity contribution in [2.24, 2.45) is 0 Å². The van der Waals surface area contributed by atoms with Crippen molar-refractivity contribution in [1.82, 2.24) is 9.97 Å². The zero-order valence-corrected chi connectivity index (χ0v) is 13.9. The van der Waals surface area contributed by atoms with Gasteiger partial charge in [-0.2, -0.15) is 9.97 Å². The number of aromatic nitrogens is 2. The third-order valence-corrected chi connectivity index (χ3v) is 4.05. The van der Waals surface area contributed by atoms with Crippen LogP contribution in [0.4, 0.5) is 29.0 Å². The number of nitro groups is 1. The molecule has 1 aromatic carbocycles. The fourth-order valence-corrected chi connectivity index (χ4v) is 2.70. The Labute approximate surface area is 145 Å². The molecule has 3 rings (SSSR count). The first-order chi connectivity index (χ1) is 12.1. The number of hydrogen-bond acceptors (Lipinski definition) is 8. The minimum absolute atomic E-state index is 0.0195. The van der Waals surface area contributed by atoms with Crippen LogP contribution in [0.15, 0.2) is 30.3 Å². The molecule has 2 aromatic rings. The van der Waals surface area contributed by atoms with Gasteiger partial charge in [0, 0.05) is 25.9 Å². The second-order valence-electron chi connectivity index (χ2n) is 5.77. The van der Waals surface area contributed by atoms with Gasteiger partial charge in [-0.15, -0.1) is 0 Å². The van der Waals surface area contributed by atoms with Crippen LogP contribution in [0, 0.1) is 10.1 Å². The van der Waals surface area contributed by atoms with Crippen LogP contribution < -0.4 is 16.0 Å². The highest BCUT2D eigenvalue weighted by Gasteiger charge is 2.25. The molecule has 9 nitrogen and oxygen atoms in total. The first-order valence-electron chi connectivity index (χ1n) is 8.02. The summed E-state index contributed by atoms with van der Waals surface area (Å²) in [6.45, 7) is 1.15. The molecule has 0 radical (unpaired) electrons. The normalized spacial score (nSPS) is 16.6. The van der Waals surface area contributed by atoms with Gasteiger partial charge in [-0.3, -0.25) is 10.1 Å². The topological polar surface area (TPSA) is 119 Å². The number of anilines is 4. The third-order valence-electron chi connectivity index (χ3n) is 4.05. The van der Waals surface area contributed by atoms with E-state index in [1.807, 2.05) is 30.3 Å². The van der Waals surface area contributed by atoms with E-state index in [0.29, 0.717) is 13.2 Å². The lowest BCUT2D eigenvalue weighted by atomic mass is 10.2. The maximum absolute atomic E-state index is 11.4. The number of nitrogens with zero attached hydrogens (tertiary/aromatic N) is 4. The van der Waals surface area contributed by atoms with Gasteiger partial charge >= 0.3 is 5.69 Å². The average molecular weight is 344 g/mol. The zero-order valence-electron chi connectivity index (χ0n) is 13.9. The van der Waals surface area contributed by atoms with Gasteiger partial charge in [0.1, 0.15) is 0 Å². The van der Waals surface area contributed by atoms with Crippen molar-refractivity contribution in [1.29, 1.82) is 0 Å². The second kappa shape index (κ2) is 7.31. The molecule has 1 atom stereocenters. The van der Waals surface area contributed by atoms with Crippen molar-refractivity contribution in [3.8, 4) is 0 Å². The van der Waals surface area contributed by atoms with Crippen LogP contribution in [0.2, 0.25) is 0 Å². The zero-order chi connectivity index (χ0) is 17.8. The Kier molecular flexibility index (Phi) is 4.94. The van der Waals surface area contributed by atoms with Crippen LogP contribution in [0.3, 0.4) is 0 Å². The fraction of sp³-hybridized carbons (Fsp3) is 0.375. The van der Waals surface area contributed by atoms with Crippen molar-refractivity contribution in [2.75, 3.05) is 36.1 Å². The SMILES string of the molecule is CN(c1ccccc1)c1nc(N)c([N+](=O)[O-])c(NCC2CCCO2)n1. The summed E-state index contributed by atoms with van der Waals surface area (Å²) in [7, 11) is 1.78. The Bertz CT molecular complexity index is 749. The first-order valence-corrected chi connectivity index (χ1v) is 8.02. The Morgan fingerprint density at radius 3 is 2.80 bits per heavy atom. The Morgan fingerprint density at radius 2 is 2.16 bits per heavy atom. The summed E-state index contributed by atoms with van der Waals surface area (Å²) in [6.07, 6.45) is 1.92. The van der Waals surface area contributed by atoms with E-state index in [-0.39, 0.29) is 29.4 Å². The summed E-state index contributed by atoms with van der Waals surface area (Å²) in [5, 5.41) is 14.4. The lowest BCUT2D eigenvalue weighted by molar-refractivity contribution is -0.383. The van der Waals surface area contributed by atoms with Gasteiger partial charge in [0.2, 0.25) is 17.6 Å².